The number of anilines is 1. The largest absolute Gasteiger partial charge is 0.360 e. The van der Waals surface area contributed by atoms with E-state index in [1.165, 1.54) is 34.0 Å². The number of carbonyl (C=O) groups excluding carboxylic acids is 2. The van der Waals surface area contributed by atoms with Crippen molar-refractivity contribution in [2.75, 3.05) is 23.4 Å². The van der Waals surface area contributed by atoms with E-state index < -0.39 is 0 Å². The van der Waals surface area contributed by atoms with Crippen molar-refractivity contribution < 1.29 is 14.1 Å². The van der Waals surface area contributed by atoms with Crippen LogP contribution in [0.3, 0.4) is 0 Å². The minimum Gasteiger partial charge on any atom is -0.360 e. The number of aromatic nitrogens is 1. The maximum absolute atomic E-state index is 12.4. The normalized spacial score (nSPS) is 20.3. The fourth-order valence-corrected chi connectivity index (χ4v) is 5.74. The molecule has 1 aromatic heterocycles. The zero-order valence-corrected chi connectivity index (χ0v) is 18.7. The van der Waals surface area contributed by atoms with E-state index in [1.807, 2.05) is 0 Å². The highest BCUT2D eigenvalue weighted by molar-refractivity contribution is 8.00. The Kier molecular flexibility index (Phi) is 5.74. The Morgan fingerprint density at radius 1 is 1.00 bits per heavy atom. The van der Waals surface area contributed by atoms with Crippen LogP contribution >= 0.6 is 11.8 Å². The number of rotatable bonds is 7. The van der Waals surface area contributed by atoms with Gasteiger partial charge in [0, 0.05) is 24.4 Å². The molecule has 2 N–H and O–H groups in total. The maximum atomic E-state index is 12.4. The van der Waals surface area contributed by atoms with Crippen molar-refractivity contribution in [3.05, 3.63) is 82.6 Å². The Morgan fingerprint density at radius 2 is 1.62 bits per heavy atom. The smallest absolute Gasteiger partial charge is 0.235 e. The van der Waals surface area contributed by atoms with Gasteiger partial charge in [-0.05, 0) is 41.5 Å². The molecule has 6 rings (SSSR count). The summed E-state index contributed by atoms with van der Waals surface area (Å²) in [5, 5.41) is 9.50. The molecular weight excluding hydrogens is 422 g/mol. The quantitative estimate of drug-likeness (QED) is 0.570. The molecule has 1 atom stereocenters. The Labute approximate surface area is 191 Å². The van der Waals surface area contributed by atoms with Gasteiger partial charge in [-0.2, -0.15) is 0 Å². The van der Waals surface area contributed by atoms with E-state index in [2.05, 4.69) is 64.3 Å². The van der Waals surface area contributed by atoms with Crippen molar-refractivity contribution in [3.63, 3.8) is 0 Å². The third-order valence-corrected chi connectivity index (χ3v) is 7.28. The van der Waals surface area contributed by atoms with E-state index in [9.17, 15) is 9.59 Å². The summed E-state index contributed by atoms with van der Waals surface area (Å²) in [7, 11) is 0. The van der Waals surface area contributed by atoms with Crippen molar-refractivity contribution in [1.82, 2.24) is 10.5 Å². The SMILES string of the molecule is Cc1cc(NC(=O)CSCC(=O)NCC2CC3c4ccccc4C2c2ccccc23)no1. The molecule has 0 aliphatic heterocycles. The van der Waals surface area contributed by atoms with Crippen LogP contribution in [0.2, 0.25) is 0 Å². The lowest BCUT2D eigenvalue weighted by molar-refractivity contribution is -0.118. The predicted molar refractivity (Wildman–Crippen MR) is 125 cm³/mol. The number of thioether (sulfide) groups is 1. The lowest BCUT2D eigenvalue weighted by Crippen LogP contribution is -2.39. The van der Waals surface area contributed by atoms with Crippen molar-refractivity contribution >= 4 is 29.4 Å². The molecular formula is C25H25N3O3S. The lowest BCUT2D eigenvalue weighted by atomic mass is 9.59. The van der Waals surface area contributed by atoms with Crippen molar-refractivity contribution in [2.45, 2.75) is 25.2 Å². The summed E-state index contributed by atoms with van der Waals surface area (Å²) in [5.41, 5.74) is 5.66. The molecule has 3 aliphatic rings. The molecule has 164 valence electrons. The van der Waals surface area contributed by atoms with Crippen LogP contribution in [0.25, 0.3) is 0 Å². The number of hydrogen-bond acceptors (Lipinski definition) is 5. The van der Waals surface area contributed by atoms with Crippen molar-refractivity contribution in [1.29, 1.82) is 0 Å². The standard InChI is InChI=1S/C25H25N3O3S/c1-15-10-22(28-31-15)27-24(30)14-32-13-23(29)26-12-16-11-21-17-6-2-4-8-19(17)25(16)20-9-5-3-7-18(20)21/h2-10,16,21,25H,11-14H2,1H3,(H,26,29)(H,27,28,30). The molecule has 3 aromatic rings. The average molecular weight is 448 g/mol. The van der Waals surface area contributed by atoms with E-state index in [1.54, 1.807) is 13.0 Å². The number of carbonyl (C=O) groups is 2. The fraction of sp³-hybridized carbons (Fsp3) is 0.320. The van der Waals surface area contributed by atoms with Gasteiger partial charge >= 0.3 is 0 Å². The van der Waals surface area contributed by atoms with Crippen LogP contribution in [-0.2, 0) is 9.59 Å². The maximum Gasteiger partial charge on any atom is 0.235 e. The molecule has 0 saturated heterocycles. The van der Waals surface area contributed by atoms with Crippen LogP contribution in [0.1, 0.15) is 46.3 Å². The predicted octanol–water partition coefficient (Wildman–Crippen LogP) is 4.07. The molecule has 32 heavy (non-hydrogen) atoms. The van der Waals surface area contributed by atoms with E-state index >= 15 is 0 Å². The Balaban J connectivity index is 1.15. The molecule has 1 heterocycles. The van der Waals surface area contributed by atoms with Gasteiger partial charge in [0.15, 0.2) is 5.82 Å². The molecule has 0 saturated carbocycles. The topological polar surface area (TPSA) is 84.2 Å². The van der Waals surface area contributed by atoms with Gasteiger partial charge in [0.25, 0.3) is 0 Å². The molecule has 3 aliphatic carbocycles. The zero-order chi connectivity index (χ0) is 22.1. The van der Waals surface area contributed by atoms with Gasteiger partial charge in [0.2, 0.25) is 11.8 Å². The lowest BCUT2D eigenvalue weighted by Gasteiger charge is -2.45. The van der Waals surface area contributed by atoms with Gasteiger partial charge in [-0.1, -0.05) is 53.7 Å². The van der Waals surface area contributed by atoms with E-state index in [0.29, 0.717) is 35.9 Å². The summed E-state index contributed by atoms with van der Waals surface area (Å²) in [6.45, 7) is 2.41. The number of amides is 2. The first-order valence-corrected chi connectivity index (χ1v) is 12.0. The Morgan fingerprint density at radius 3 is 2.25 bits per heavy atom. The third kappa shape index (κ3) is 4.05. The molecule has 2 aromatic carbocycles. The van der Waals surface area contributed by atoms with Gasteiger partial charge in [0.05, 0.1) is 11.5 Å². The van der Waals surface area contributed by atoms with Gasteiger partial charge in [0.1, 0.15) is 5.76 Å². The number of hydrogen-bond donors (Lipinski definition) is 2. The highest BCUT2D eigenvalue weighted by atomic mass is 32.2. The zero-order valence-electron chi connectivity index (χ0n) is 17.8. The van der Waals surface area contributed by atoms with E-state index in [0.717, 1.165) is 6.42 Å². The second kappa shape index (κ2) is 8.82. The number of benzene rings is 2. The molecule has 0 spiro atoms. The molecule has 7 heteroatoms. The van der Waals surface area contributed by atoms with Crippen LogP contribution in [0, 0.1) is 12.8 Å². The van der Waals surface area contributed by atoms with Crippen molar-refractivity contribution in [3.8, 4) is 0 Å². The Bertz CT molecular complexity index is 1110. The summed E-state index contributed by atoms with van der Waals surface area (Å²) in [4.78, 5) is 24.4. The van der Waals surface area contributed by atoms with E-state index in [4.69, 9.17) is 4.52 Å². The van der Waals surface area contributed by atoms with Crippen LogP contribution < -0.4 is 10.6 Å². The highest BCUT2D eigenvalue weighted by Gasteiger charge is 2.42. The van der Waals surface area contributed by atoms with Gasteiger partial charge < -0.3 is 15.2 Å². The fourth-order valence-electron chi connectivity index (χ4n) is 5.10. The number of nitrogens with one attached hydrogen (secondary N) is 2. The highest BCUT2D eigenvalue weighted by Crippen LogP contribution is 2.55. The molecule has 0 fully saturated rings. The van der Waals surface area contributed by atoms with Crippen LogP contribution in [0.4, 0.5) is 5.82 Å². The van der Waals surface area contributed by atoms with Gasteiger partial charge in [-0.3, -0.25) is 9.59 Å². The monoisotopic (exact) mass is 447 g/mol. The number of aryl methyl sites for hydroxylation is 1. The minimum atomic E-state index is -0.200. The second-order valence-corrected chi connectivity index (χ2v) is 9.44. The van der Waals surface area contributed by atoms with Crippen LogP contribution in [0.5, 0.6) is 0 Å². The van der Waals surface area contributed by atoms with Crippen LogP contribution in [-0.4, -0.2) is 35.0 Å². The summed E-state index contributed by atoms with van der Waals surface area (Å²) < 4.78 is 4.93. The summed E-state index contributed by atoms with van der Waals surface area (Å²) in [6.07, 6.45) is 1.05. The third-order valence-electron chi connectivity index (χ3n) is 6.35. The number of nitrogens with zero attached hydrogens (tertiary/aromatic N) is 1. The Hall–Kier alpha value is -3.06. The summed E-state index contributed by atoms with van der Waals surface area (Å²) in [6, 6.07) is 19.1. The summed E-state index contributed by atoms with van der Waals surface area (Å²) in [5.74, 6) is 2.31. The first-order chi connectivity index (χ1) is 15.6. The molecule has 6 nitrogen and oxygen atoms in total. The van der Waals surface area contributed by atoms with Crippen molar-refractivity contribution in [2.24, 2.45) is 5.92 Å². The second-order valence-electron chi connectivity index (χ2n) is 8.45. The summed E-state index contributed by atoms with van der Waals surface area (Å²) >= 11 is 1.29. The minimum absolute atomic E-state index is 0.0388. The van der Waals surface area contributed by atoms with E-state index in [-0.39, 0.29) is 23.3 Å². The molecule has 1 unspecified atom stereocenters. The molecule has 2 amide bonds. The van der Waals surface area contributed by atoms with Gasteiger partial charge in [-0.15, -0.1) is 11.8 Å². The number of fused-ring (bicyclic) bond motifs is 1. The molecule has 2 bridgehead atoms. The first kappa shape index (κ1) is 20.8. The average Bonchev–Trinajstić information content (AvgIpc) is 3.22. The van der Waals surface area contributed by atoms with Crippen LogP contribution in [0.15, 0.2) is 59.1 Å². The van der Waals surface area contributed by atoms with Gasteiger partial charge in [-0.25, -0.2) is 0 Å². The first-order valence-electron chi connectivity index (χ1n) is 10.9. The molecule has 0 radical (unpaired) electrons.